The molecule has 4 rings (SSSR count). The third-order valence-corrected chi connectivity index (χ3v) is 4.33. The van der Waals surface area contributed by atoms with E-state index in [0.29, 0.717) is 11.4 Å². The Morgan fingerprint density at radius 2 is 1.88 bits per heavy atom. The standard InChI is InChI=1S/C19H17N5O/c1-10-7-13(20)4-5-14(10)18-9-17(21-19(25)22-18)12-3-6-16-15(8-12)11(2)23-24-16/h3-9H,20H2,1-2H3,(H,23,24)(H,21,22,25). The second-order valence-corrected chi connectivity index (χ2v) is 6.13. The zero-order chi connectivity index (χ0) is 17.6. The zero-order valence-electron chi connectivity index (χ0n) is 13.9. The summed E-state index contributed by atoms with van der Waals surface area (Å²) in [5.74, 6) is 0. The van der Waals surface area contributed by atoms with E-state index in [2.05, 4.69) is 20.2 Å². The van der Waals surface area contributed by atoms with Crippen LogP contribution in [0.1, 0.15) is 11.3 Å². The molecule has 0 spiro atoms. The normalized spacial score (nSPS) is 11.1. The van der Waals surface area contributed by atoms with Gasteiger partial charge in [0.05, 0.1) is 22.6 Å². The Kier molecular flexibility index (Phi) is 3.39. The first-order chi connectivity index (χ1) is 12.0. The van der Waals surface area contributed by atoms with Gasteiger partial charge >= 0.3 is 5.69 Å². The maximum atomic E-state index is 12.1. The average molecular weight is 331 g/mol. The largest absolute Gasteiger partial charge is 0.399 e. The van der Waals surface area contributed by atoms with E-state index >= 15 is 0 Å². The lowest BCUT2D eigenvalue weighted by Gasteiger charge is -2.09. The predicted octanol–water partition coefficient (Wildman–Crippen LogP) is 3.18. The molecular formula is C19H17N5O. The molecule has 0 radical (unpaired) electrons. The quantitative estimate of drug-likeness (QED) is 0.491. The van der Waals surface area contributed by atoms with E-state index in [-0.39, 0.29) is 5.69 Å². The van der Waals surface area contributed by atoms with Crippen molar-refractivity contribution in [3.05, 3.63) is 64.2 Å². The summed E-state index contributed by atoms with van der Waals surface area (Å²) in [7, 11) is 0. The number of hydrogen-bond acceptors (Lipinski definition) is 4. The van der Waals surface area contributed by atoms with Crippen molar-refractivity contribution < 1.29 is 0 Å². The van der Waals surface area contributed by atoms with E-state index < -0.39 is 0 Å². The number of nitrogen functional groups attached to an aromatic ring is 1. The van der Waals surface area contributed by atoms with E-state index in [1.165, 1.54) is 0 Å². The van der Waals surface area contributed by atoms with Gasteiger partial charge < -0.3 is 10.7 Å². The second kappa shape index (κ2) is 5.59. The smallest absolute Gasteiger partial charge is 0.345 e. The van der Waals surface area contributed by atoms with Crippen LogP contribution in [0.25, 0.3) is 33.4 Å². The molecule has 0 fully saturated rings. The molecule has 25 heavy (non-hydrogen) atoms. The van der Waals surface area contributed by atoms with Gasteiger partial charge in [-0.2, -0.15) is 10.1 Å². The molecule has 4 N–H and O–H groups in total. The van der Waals surface area contributed by atoms with Crippen LogP contribution in [-0.2, 0) is 0 Å². The molecular weight excluding hydrogens is 314 g/mol. The summed E-state index contributed by atoms with van der Waals surface area (Å²) in [6, 6.07) is 13.4. The number of H-pyrrole nitrogens is 2. The van der Waals surface area contributed by atoms with Crippen molar-refractivity contribution in [3.63, 3.8) is 0 Å². The SMILES string of the molecule is Cc1cc(N)ccc1-c1cc(-c2ccc3[nH]nc(C)c3c2)nc(=O)[nH]1. The molecule has 2 heterocycles. The van der Waals surface area contributed by atoms with E-state index in [4.69, 9.17) is 5.73 Å². The first kappa shape index (κ1) is 15.1. The molecule has 0 unspecified atom stereocenters. The van der Waals surface area contributed by atoms with Crippen LogP contribution in [0.2, 0.25) is 0 Å². The maximum Gasteiger partial charge on any atom is 0.345 e. The minimum Gasteiger partial charge on any atom is -0.399 e. The Morgan fingerprint density at radius 3 is 2.68 bits per heavy atom. The van der Waals surface area contributed by atoms with E-state index in [1.807, 2.05) is 56.3 Å². The van der Waals surface area contributed by atoms with E-state index in [1.54, 1.807) is 0 Å². The predicted molar refractivity (Wildman–Crippen MR) is 99.3 cm³/mol. The number of nitrogens with zero attached hydrogens (tertiary/aromatic N) is 2. The number of rotatable bonds is 2. The van der Waals surface area contributed by atoms with Crippen LogP contribution < -0.4 is 11.4 Å². The lowest BCUT2D eigenvalue weighted by molar-refractivity contribution is 1.07. The molecule has 2 aromatic heterocycles. The fraction of sp³-hybridized carbons (Fsp3) is 0.105. The summed E-state index contributed by atoms with van der Waals surface area (Å²) in [5, 5.41) is 8.20. The van der Waals surface area contributed by atoms with Gasteiger partial charge in [0.15, 0.2) is 0 Å². The van der Waals surface area contributed by atoms with Crippen molar-refractivity contribution >= 4 is 16.6 Å². The Hall–Kier alpha value is -3.41. The van der Waals surface area contributed by atoms with Gasteiger partial charge in [-0.3, -0.25) is 5.10 Å². The molecule has 4 aromatic rings. The highest BCUT2D eigenvalue weighted by atomic mass is 16.1. The van der Waals surface area contributed by atoms with Crippen molar-refractivity contribution in [1.29, 1.82) is 0 Å². The number of anilines is 1. The maximum absolute atomic E-state index is 12.1. The summed E-state index contributed by atoms with van der Waals surface area (Å²) in [6.07, 6.45) is 0. The van der Waals surface area contributed by atoms with Crippen LogP contribution in [0.4, 0.5) is 5.69 Å². The highest BCUT2D eigenvalue weighted by molar-refractivity contribution is 5.86. The monoisotopic (exact) mass is 331 g/mol. The molecule has 0 saturated carbocycles. The lowest BCUT2D eigenvalue weighted by atomic mass is 10.0. The number of fused-ring (bicyclic) bond motifs is 1. The number of aromatic amines is 2. The van der Waals surface area contributed by atoms with Crippen LogP contribution in [0.15, 0.2) is 47.3 Å². The Labute approximate surface area is 143 Å². The van der Waals surface area contributed by atoms with Gasteiger partial charge in [-0.25, -0.2) is 4.79 Å². The zero-order valence-corrected chi connectivity index (χ0v) is 13.9. The van der Waals surface area contributed by atoms with Crippen LogP contribution in [0.3, 0.4) is 0 Å². The molecule has 0 amide bonds. The average Bonchev–Trinajstić information content (AvgIpc) is 2.95. The van der Waals surface area contributed by atoms with E-state index in [9.17, 15) is 4.79 Å². The van der Waals surface area contributed by atoms with E-state index in [0.717, 1.165) is 39.0 Å². The summed E-state index contributed by atoms with van der Waals surface area (Å²) in [5.41, 5.74) is 12.1. The summed E-state index contributed by atoms with van der Waals surface area (Å²) < 4.78 is 0. The third-order valence-electron chi connectivity index (χ3n) is 4.33. The molecule has 0 bridgehead atoms. The molecule has 0 atom stereocenters. The third kappa shape index (κ3) is 2.67. The van der Waals surface area contributed by atoms with Gasteiger partial charge in [-0.15, -0.1) is 0 Å². The summed E-state index contributed by atoms with van der Waals surface area (Å²) in [4.78, 5) is 19.0. The number of aryl methyl sites for hydroxylation is 2. The number of benzene rings is 2. The minimum absolute atomic E-state index is 0.382. The van der Waals surface area contributed by atoms with Gasteiger partial charge in [0, 0.05) is 22.2 Å². The molecule has 0 aliphatic heterocycles. The molecule has 0 aliphatic rings. The molecule has 0 saturated heterocycles. The van der Waals surface area contributed by atoms with Crippen molar-refractivity contribution in [2.24, 2.45) is 0 Å². The Morgan fingerprint density at radius 1 is 1.04 bits per heavy atom. The molecule has 0 aliphatic carbocycles. The minimum atomic E-state index is -0.382. The van der Waals surface area contributed by atoms with Crippen molar-refractivity contribution in [3.8, 4) is 22.5 Å². The fourth-order valence-electron chi connectivity index (χ4n) is 3.04. The van der Waals surface area contributed by atoms with Crippen LogP contribution >= 0.6 is 0 Å². The van der Waals surface area contributed by atoms with Crippen molar-refractivity contribution in [2.75, 3.05) is 5.73 Å². The summed E-state index contributed by atoms with van der Waals surface area (Å²) >= 11 is 0. The van der Waals surface area contributed by atoms with Crippen LogP contribution in [0, 0.1) is 13.8 Å². The van der Waals surface area contributed by atoms with Gasteiger partial charge in [0.1, 0.15) is 0 Å². The fourth-order valence-corrected chi connectivity index (χ4v) is 3.04. The summed E-state index contributed by atoms with van der Waals surface area (Å²) in [6.45, 7) is 3.90. The Bertz CT molecular complexity index is 1160. The van der Waals surface area contributed by atoms with Gasteiger partial charge in [0.2, 0.25) is 0 Å². The number of hydrogen-bond donors (Lipinski definition) is 3. The second-order valence-electron chi connectivity index (χ2n) is 6.13. The number of aromatic nitrogens is 4. The lowest BCUT2D eigenvalue weighted by Crippen LogP contribution is -2.12. The first-order valence-corrected chi connectivity index (χ1v) is 7.94. The highest BCUT2D eigenvalue weighted by Gasteiger charge is 2.10. The van der Waals surface area contributed by atoms with Gasteiger partial charge in [-0.05, 0) is 49.7 Å². The molecule has 6 heteroatoms. The first-order valence-electron chi connectivity index (χ1n) is 7.94. The molecule has 124 valence electrons. The highest BCUT2D eigenvalue weighted by Crippen LogP contribution is 2.27. The number of nitrogens with one attached hydrogen (secondary N) is 2. The van der Waals surface area contributed by atoms with Crippen LogP contribution in [0.5, 0.6) is 0 Å². The van der Waals surface area contributed by atoms with Crippen molar-refractivity contribution in [2.45, 2.75) is 13.8 Å². The number of nitrogens with two attached hydrogens (primary N) is 1. The van der Waals surface area contributed by atoms with Crippen molar-refractivity contribution in [1.82, 2.24) is 20.2 Å². The Balaban J connectivity index is 1.89. The van der Waals surface area contributed by atoms with Crippen LogP contribution in [-0.4, -0.2) is 20.2 Å². The molecule has 2 aromatic carbocycles. The van der Waals surface area contributed by atoms with Gasteiger partial charge in [-0.1, -0.05) is 12.1 Å². The topological polar surface area (TPSA) is 100 Å². The molecule has 6 nitrogen and oxygen atoms in total. The van der Waals surface area contributed by atoms with Gasteiger partial charge in [0.25, 0.3) is 0 Å².